The monoisotopic (exact) mass is 222 g/mol. The minimum Gasteiger partial charge on any atom is -0.300 e. The summed E-state index contributed by atoms with van der Waals surface area (Å²) in [6.07, 6.45) is 3.88. The van der Waals surface area contributed by atoms with Crippen LogP contribution in [0.2, 0.25) is 0 Å². The fraction of sp³-hybridized carbons (Fsp3) is 0.846. The predicted molar refractivity (Wildman–Crippen MR) is 63.9 cm³/mol. The number of carbonyl (C=O) groups is 1. The van der Waals surface area contributed by atoms with Crippen molar-refractivity contribution in [2.24, 2.45) is 5.41 Å². The second-order valence-electron chi connectivity index (χ2n) is 5.48. The highest BCUT2D eigenvalue weighted by Crippen LogP contribution is 2.25. The Bertz CT molecular complexity index is 291. The number of likely N-dealkylation sites (tertiary alicyclic amines) is 1. The number of nitrogens with zero attached hydrogens (tertiary/aromatic N) is 2. The van der Waals surface area contributed by atoms with Gasteiger partial charge in [-0.15, -0.1) is 0 Å². The smallest absolute Gasteiger partial charge is 0.131 e. The molecule has 90 valence electrons. The van der Waals surface area contributed by atoms with Crippen molar-refractivity contribution in [1.82, 2.24) is 4.90 Å². The molecule has 0 N–H and O–H groups in total. The van der Waals surface area contributed by atoms with Gasteiger partial charge in [0, 0.05) is 12.5 Å². The third-order valence-corrected chi connectivity index (χ3v) is 3.35. The number of hydrogen-bond acceptors (Lipinski definition) is 3. The molecule has 1 fully saturated rings. The highest BCUT2D eigenvalue weighted by atomic mass is 16.1. The van der Waals surface area contributed by atoms with Gasteiger partial charge in [0.15, 0.2) is 0 Å². The lowest BCUT2D eigenvalue weighted by molar-refractivity contribution is -0.118. The van der Waals surface area contributed by atoms with Crippen molar-refractivity contribution < 1.29 is 4.79 Å². The number of hydrogen-bond donors (Lipinski definition) is 0. The van der Waals surface area contributed by atoms with E-state index >= 15 is 0 Å². The Hall–Kier alpha value is -0.880. The Balaban J connectivity index is 2.42. The van der Waals surface area contributed by atoms with E-state index < -0.39 is 0 Å². The van der Waals surface area contributed by atoms with E-state index in [1.165, 1.54) is 6.42 Å². The Morgan fingerprint density at radius 1 is 1.56 bits per heavy atom. The summed E-state index contributed by atoms with van der Waals surface area (Å²) in [7, 11) is 0. The summed E-state index contributed by atoms with van der Waals surface area (Å²) in [5.41, 5.74) is -0.247. The zero-order valence-corrected chi connectivity index (χ0v) is 10.6. The maximum Gasteiger partial charge on any atom is 0.131 e. The van der Waals surface area contributed by atoms with Gasteiger partial charge in [-0.25, -0.2) is 0 Å². The van der Waals surface area contributed by atoms with Crippen LogP contribution in [0.1, 0.15) is 46.5 Å². The Labute approximate surface area is 98.4 Å². The van der Waals surface area contributed by atoms with Crippen molar-refractivity contribution in [3.8, 4) is 6.07 Å². The number of rotatable bonds is 5. The first-order valence-electron chi connectivity index (χ1n) is 6.09. The molecule has 1 atom stereocenters. The molecule has 16 heavy (non-hydrogen) atoms. The van der Waals surface area contributed by atoms with Crippen LogP contribution in [0.5, 0.6) is 0 Å². The molecule has 1 aliphatic rings. The lowest BCUT2D eigenvalue weighted by atomic mass is 9.91. The van der Waals surface area contributed by atoms with E-state index in [1.54, 1.807) is 6.92 Å². The van der Waals surface area contributed by atoms with Crippen molar-refractivity contribution in [2.75, 3.05) is 13.1 Å². The molecule has 0 aromatic rings. The third kappa shape index (κ3) is 3.94. The minimum atomic E-state index is -0.247. The van der Waals surface area contributed by atoms with Crippen LogP contribution in [0.3, 0.4) is 0 Å². The zero-order valence-electron chi connectivity index (χ0n) is 10.6. The van der Waals surface area contributed by atoms with Crippen LogP contribution in [-0.4, -0.2) is 29.8 Å². The van der Waals surface area contributed by atoms with Crippen molar-refractivity contribution in [3.63, 3.8) is 0 Å². The predicted octanol–water partition coefficient (Wildman–Crippen LogP) is 2.37. The second kappa shape index (κ2) is 5.45. The van der Waals surface area contributed by atoms with Crippen molar-refractivity contribution in [3.05, 3.63) is 0 Å². The van der Waals surface area contributed by atoms with Gasteiger partial charge in [-0.3, -0.25) is 9.69 Å². The van der Waals surface area contributed by atoms with Crippen LogP contribution in [-0.2, 0) is 4.79 Å². The first-order valence-corrected chi connectivity index (χ1v) is 6.09. The molecule has 0 spiro atoms. The molecule has 1 rings (SSSR count). The molecule has 3 nitrogen and oxygen atoms in total. The lowest BCUT2D eigenvalue weighted by Crippen LogP contribution is -2.33. The maximum absolute atomic E-state index is 11.1. The summed E-state index contributed by atoms with van der Waals surface area (Å²) < 4.78 is 0. The summed E-state index contributed by atoms with van der Waals surface area (Å²) in [5.74, 6) is 0.274. The lowest BCUT2D eigenvalue weighted by Gasteiger charge is -2.26. The number of Topliss-reactive ketones (excluding diaryl/α,β-unsaturated/α-hetero) is 1. The van der Waals surface area contributed by atoms with Crippen LogP contribution in [0.25, 0.3) is 0 Å². The van der Waals surface area contributed by atoms with E-state index in [0.717, 1.165) is 25.9 Å². The van der Waals surface area contributed by atoms with Gasteiger partial charge in [0.25, 0.3) is 0 Å². The van der Waals surface area contributed by atoms with E-state index in [1.807, 2.05) is 13.8 Å². The highest BCUT2D eigenvalue weighted by Gasteiger charge is 2.27. The molecular formula is C13H22N2O. The molecule has 0 aromatic carbocycles. The molecule has 0 saturated carbocycles. The van der Waals surface area contributed by atoms with Gasteiger partial charge in [-0.2, -0.15) is 5.26 Å². The van der Waals surface area contributed by atoms with Gasteiger partial charge in [0.05, 0.1) is 11.5 Å². The van der Waals surface area contributed by atoms with Gasteiger partial charge in [-0.05, 0) is 53.1 Å². The van der Waals surface area contributed by atoms with Gasteiger partial charge < -0.3 is 0 Å². The number of carbonyl (C=O) groups excluding carboxylic acids is 1. The molecule has 1 heterocycles. The quantitative estimate of drug-likeness (QED) is 0.717. The SMILES string of the molecule is CC(=O)CC1CCCN1CCC(C)(C)C#N. The first-order chi connectivity index (χ1) is 7.44. The maximum atomic E-state index is 11.1. The van der Waals surface area contributed by atoms with E-state index in [-0.39, 0.29) is 11.2 Å². The Kier molecular flexibility index (Phi) is 4.49. The normalized spacial score (nSPS) is 22.0. The van der Waals surface area contributed by atoms with Gasteiger partial charge in [-0.1, -0.05) is 0 Å². The van der Waals surface area contributed by atoms with Gasteiger partial charge in [0.1, 0.15) is 5.78 Å². The van der Waals surface area contributed by atoms with E-state index in [4.69, 9.17) is 5.26 Å². The Morgan fingerprint density at radius 3 is 2.81 bits per heavy atom. The van der Waals surface area contributed by atoms with Crippen LogP contribution >= 0.6 is 0 Å². The molecule has 0 bridgehead atoms. The van der Waals surface area contributed by atoms with Crippen LogP contribution in [0.4, 0.5) is 0 Å². The van der Waals surface area contributed by atoms with Gasteiger partial charge >= 0.3 is 0 Å². The van der Waals surface area contributed by atoms with Crippen LogP contribution in [0, 0.1) is 16.7 Å². The molecule has 1 aliphatic heterocycles. The Morgan fingerprint density at radius 2 is 2.25 bits per heavy atom. The molecule has 0 aliphatic carbocycles. The number of ketones is 1. The van der Waals surface area contributed by atoms with Crippen molar-refractivity contribution >= 4 is 5.78 Å². The molecule has 1 unspecified atom stereocenters. The summed E-state index contributed by atoms with van der Waals surface area (Å²) in [5, 5.41) is 8.96. The molecule has 0 radical (unpaired) electrons. The fourth-order valence-corrected chi connectivity index (χ4v) is 2.23. The topological polar surface area (TPSA) is 44.1 Å². The standard InChI is InChI=1S/C13H22N2O/c1-11(16)9-12-5-4-7-15(12)8-6-13(2,3)10-14/h12H,4-9H2,1-3H3. The molecular weight excluding hydrogens is 200 g/mol. The average molecular weight is 222 g/mol. The van der Waals surface area contributed by atoms with Crippen LogP contribution in [0.15, 0.2) is 0 Å². The average Bonchev–Trinajstić information content (AvgIpc) is 2.62. The second-order valence-corrected chi connectivity index (χ2v) is 5.48. The van der Waals surface area contributed by atoms with Crippen molar-refractivity contribution in [1.29, 1.82) is 5.26 Å². The molecule has 0 amide bonds. The molecule has 0 aromatic heterocycles. The summed E-state index contributed by atoms with van der Waals surface area (Å²) in [4.78, 5) is 13.5. The van der Waals surface area contributed by atoms with Crippen LogP contribution < -0.4 is 0 Å². The first kappa shape index (κ1) is 13.2. The third-order valence-electron chi connectivity index (χ3n) is 3.35. The largest absolute Gasteiger partial charge is 0.300 e. The van der Waals surface area contributed by atoms with Crippen molar-refractivity contribution in [2.45, 2.75) is 52.5 Å². The van der Waals surface area contributed by atoms with Gasteiger partial charge in [0.2, 0.25) is 0 Å². The number of nitriles is 1. The highest BCUT2D eigenvalue weighted by molar-refractivity contribution is 5.76. The summed E-state index contributed by atoms with van der Waals surface area (Å²) in [6, 6.07) is 2.75. The molecule has 3 heteroatoms. The molecule has 1 saturated heterocycles. The van der Waals surface area contributed by atoms with E-state index in [2.05, 4.69) is 11.0 Å². The minimum absolute atomic E-state index is 0.247. The zero-order chi connectivity index (χ0) is 12.2. The van der Waals surface area contributed by atoms with E-state index in [9.17, 15) is 4.79 Å². The fourth-order valence-electron chi connectivity index (χ4n) is 2.23. The summed E-state index contributed by atoms with van der Waals surface area (Å²) >= 11 is 0. The summed E-state index contributed by atoms with van der Waals surface area (Å²) in [6.45, 7) is 7.64. The van der Waals surface area contributed by atoms with E-state index in [0.29, 0.717) is 12.5 Å².